The second-order valence-electron chi connectivity index (χ2n) is 3.93. The van der Waals surface area contributed by atoms with E-state index in [1.54, 1.807) is 49.7 Å². The monoisotopic (exact) mass is 260 g/mol. The second kappa shape index (κ2) is 4.80. The topological polar surface area (TPSA) is 40.6 Å². The lowest BCUT2D eigenvalue weighted by molar-refractivity contribution is 0.102. The Morgan fingerprint density at radius 2 is 1.69 bits per heavy atom. The van der Waals surface area contributed by atoms with E-state index < -0.39 is 7.44 Å². The molecule has 0 N–H and O–H groups in total. The summed E-state index contributed by atoms with van der Waals surface area (Å²) in [4.78, 5) is 11.9. The van der Waals surface area contributed by atoms with Crippen LogP contribution in [0, 0.1) is 0 Å². The average Bonchev–Trinajstić information content (AvgIpc) is 2.64. The number of rotatable bonds is 4. The number of hydrogen-bond acceptors (Lipinski definition) is 3. The first-order valence-corrected chi connectivity index (χ1v) is 7.30. The van der Waals surface area contributed by atoms with Crippen LogP contribution in [0.5, 0.6) is 0 Å². The third-order valence-corrected chi connectivity index (χ3v) is 7.18. The van der Waals surface area contributed by atoms with Crippen LogP contribution in [0.2, 0.25) is 0 Å². The summed E-state index contributed by atoms with van der Waals surface area (Å²) in [6.45, 7) is 1.52. The predicted octanol–water partition coefficient (Wildman–Crippen LogP) is 1.89. The lowest BCUT2D eigenvalue weighted by atomic mass is 10.4. The number of carbonyl (C=O) groups excluding carboxylic acids is 1. The Morgan fingerprint density at radius 1 is 1.19 bits per heavy atom. The molecule has 0 radical (unpaired) electrons. The van der Waals surface area contributed by atoms with Gasteiger partial charge >= 0.3 is 0 Å². The predicted molar refractivity (Wildman–Crippen MR) is 68.9 cm³/mol. The number of Topliss-reactive ketones (excluding diaryl/α,β-unsaturated/α-hetero) is 1. The molecule has 0 fully saturated rings. The number of ketones is 1. The van der Waals surface area contributed by atoms with Crippen LogP contribution in [0.4, 0.5) is 0 Å². The zero-order chi connectivity index (χ0) is 12.5. The van der Waals surface area contributed by atoms with Gasteiger partial charge in [0, 0.05) is 0 Å². The summed E-state index contributed by atoms with van der Waals surface area (Å²) in [6.07, 6.45) is 0. The van der Waals surface area contributed by atoms with Crippen molar-refractivity contribution < 1.29 is 9.36 Å². The molecule has 1 heterocycles. The summed E-state index contributed by atoms with van der Waals surface area (Å²) in [7, 11) is 4.44. The van der Waals surface area contributed by atoms with E-state index >= 15 is 0 Å². The van der Waals surface area contributed by atoms with Crippen molar-refractivity contribution in [3.8, 4) is 0 Å². The van der Waals surface area contributed by atoms with Crippen molar-refractivity contribution >= 4 is 29.2 Å². The first kappa shape index (κ1) is 13.6. The van der Waals surface area contributed by atoms with Gasteiger partial charge in [-0.3, -0.25) is 9.36 Å². The minimum Gasteiger partial charge on any atom is -0.294 e. The Balaban J connectivity index is 3.23. The highest BCUT2D eigenvalue weighted by Gasteiger charge is 2.32. The molecule has 0 aliphatic heterocycles. The van der Waals surface area contributed by atoms with E-state index in [1.165, 1.54) is 18.3 Å². The summed E-state index contributed by atoms with van der Waals surface area (Å²) in [5.74, 6) is 0.0142. The maximum Gasteiger partial charge on any atom is 0.254 e. The zero-order valence-electron chi connectivity index (χ0n) is 10.2. The molecule has 0 spiro atoms. The summed E-state index contributed by atoms with van der Waals surface area (Å²) >= 11 is 1.31. The molecule has 90 valence electrons. The SMILES string of the molecule is CC(=O)c1ccc(P(=O)(N(C)C)N(C)C)s1. The van der Waals surface area contributed by atoms with Gasteiger partial charge in [0.05, 0.1) is 9.50 Å². The van der Waals surface area contributed by atoms with Crippen molar-refractivity contribution in [3.05, 3.63) is 17.0 Å². The third-order valence-electron chi connectivity index (χ3n) is 2.31. The van der Waals surface area contributed by atoms with Gasteiger partial charge in [-0.15, -0.1) is 11.3 Å². The van der Waals surface area contributed by atoms with Crippen LogP contribution in [-0.2, 0) is 4.57 Å². The minimum absolute atomic E-state index is 0.0142. The second-order valence-corrected chi connectivity index (χ2v) is 8.49. The maximum atomic E-state index is 12.8. The van der Waals surface area contributed by atoms with E-state index in [4.69, 9.17) is 0 Å². The zero-order valence-corrected chi connectivity index (χ0v) is 11.9. The van der Waals surface area contributed by atoms with Gasteiger partial charge in [0.2, 0.25) is 0 Å². The van der Waals surface area contributed by atoms with Crippen molar-refractivity contribution in [3.63, 3.8) is 0 Å². The van der Waals surface area contributed by atoms with Gasteiger partial charge in [0.1, 0.15) is 0 Å². The van der Waals surface area contributed by atoms with Gasteiger partial charge < -0.3 is 0 Å². The van der Waals surface area contributed by atoms with Gasteiger partial charge in [-0.1, -0.05) is 0 Å². The molecule has 1 aromatic rings. The Kier molecular flexibility index (Phi) is 4.07. The fraction of sp³-hybridized carbons (Fsp3) is 0.500. The molecule has 0 aliphatic rings. The molecule has 6 heteroatoms. The molecule has 4 nitrogen and oxygen atoms in total. The Labute approximate surface area is 100 Å². The van der Waals surface area contributed by atoms with Crippen LogP contribution in [0.1, 0.15) is 16.6 Å². The average molecular weight is 260 g/mol. The van der Waals surface area contributed by atoms with E-state index in [0.717, 1.165) is 4.62 Å². The molecule has 1 rings (SSSR count). The van der Waals surface area contributed by atoms with Crippen molar-refractivity contribution in [1.82, 2.24) is 9.34 Å². The van der Waals surface area contributed by atoms with E-state index in [1.807, 2.05) is 0 Å². The first-order chi connectivity index (χ1) is 7.30. The largest absolute Gasteiger partial charge is 0.294 e. The smallest absolute Gasteiger partial charge is 0.254 e. The fourth-order valence-corrected chi connectivity index (χ4v) is 5.59. The van der Waals surface area contributed by atoms with Gasteiger partial charge in [-0.25, -0.2) is 9.34 Å². The fourth-order valence-electron chi connectivity index (χ4n) is 1.43. The van der Waals surface area contributed by atoms with Gasteiger partial charge in [0.15, 0.2) is 5.78 Å². The summed E-state index contributed by atoms with van der Waals surface area (Å²) in [5, 5.41) is 0. The molecular formula is C10H17N2O2PS. The first-order valence-electron chi connectivity index (χ1n) is 4.87. The van der Waals surface area contributed by atoms with Crippen LogP contribution in [-0.4, -0.2) is 43.3 Å². The number of carbonyl (C=O) groups is 1. The lowest BCUT2D eigenvalue weighted by Crippen LogP contribution is -2.27. The molecule has 16 heavy (non-hydrogen) atoms. The van der Waals surface area contributed by atoms with Gasteiger partial charge in [-0.2, -0.15) is 0 Å². The van der Waals surface area contributed by atoms with Crippen molar-refractivity contribution in [2.75, 3.05) is 28.2 Å². The Morgan fingerprint density at radius 3 is 2.00 bits per heavy atom. The molecule has 0 aliphatic carbocycles. The number of hydrogen-bond donors (Lipinski definition) is 0. The molecule has 0 amide bonds. The van der Waals surface area contributed by atoms with E-state index in [0.29, 0.717) is 4.88 Å². The van der Waals surface area contributed by atoms with Crippen LogP contribution < -0.4 is 4.62 Å². The van der Waals surface area contributed by atoms with Crippen LogP contribution >= 0.6 is 18.8 Å². The summed E-state index contributed by atoms with van der Waals surface area (Å²) < 4.78 is 17.0. The highest BCUT2D eigenvalue weighted by atomic mass is 32.1. The van der Waals surface area contributed by atoms with Crippen molar-refractivity contribution in [2.45, 2.75) is 6.92 Å². The van der Waals surface area contributed by atoms with E-state index in [-0.39, 0.29) is 5.78 Å². The molecular weight excluding hydrogens is 243 g/mol. The number of nitrogens with zero attached hydrogens (tertiary/aromatic N) is 2. The summed E-state index contributed by atoms with van der Waals surface area (Å²) in [6, 6.07) is 3.52. The quantitative estimate of drug-likeness (QED) is 0.612. The molecule has 0 saturated carbocycles. The van der Waals surface area contributed by atoms with E-state index in [2.05, 4.69) is 0 Å². The molecule has 0 aromatic carbocycles. The molecule has 0 atom stereocenters. The van der Waals surface area contributed by atoms with Crippen molar-refractivity contribution in [1.29, 1.82) is 0 Å². The Bertz CT molecular complexity index is 428. The third kappa shape index (κ3) is 2.28. The standard InChI is InChI=1S/C10H17N2O2PS/c1-8(13)9-6-7-10(16-9)15(14,11(2)3)12(4)5/h6-7H,1-5H3. The van der Waals surface area contributed by atoms with Gasteiger partial charge in [0.25, 0.3) is 7.44 Å². The highest BCUT2D eigenvalue weighted by Crippen LogP contribution is 2.49. The van der Waals surface area contributed by atoms with E-state index in [9.17, 15) is 9.36 Å². The van der Waals surface area contributed by atoms with Gasteiger partial charge in [-0.05, 0) is 47.2 Å². The van der Waals surface area contributed by atoms with Crippen molar-refractivity contribution in [2.24, 2.45) is 0 Å². The highest BCUT2D eigenvalue weighted by molar-refractivity contribution is 7.73. The normalized spacial score (nSPS) is 12.4. The molecule has 0 saturated heterocycles. The number of thiophene rings is 1. The summed E-state index contributed by atoms with van der Waals surface area (Å²) in [5.41, 5.74) is 0. The van der Waals surface area contributed by atoms with Crippen LogP contribution in [0.25, 0.3) is 0 Å². The maximum absolute atomic E-state index is 12.8. The van der Waals surface area contributed by atoms with Crippen LogP contribution in [0.3, 0.4) is 0 Å². The lowest BCUT2D eigenvalue weighted by Gasteiger charge is -2.29. The molecule has 0 unspecified atom stereocenters. The Hall–Kier alpha value is -0.480. The van der Waals surface area contributed by atoms with Crippen LogP contribution in [0.15, 0.2) is 12.1 Å². The molecule has 0 bridgehead atoms. The molecule has 1 aromatic heterocycles. The minimum atomic E-state index is -2.70.